The van der Waals surface area contributed by atoms with Gasteiger partial charge in [0, 0.05) is 31.5 Å². The molecule has 0 bridgehead atoms. The first-order valence-corrected chi connectivity index (χ1v) is 8.21. The molecule has 2 aliphatic rings. The highest BCUT2D eigenvalue weighted by atomic mass is 16.3. The Morgan fingerprint density at radius 2 is 2.00 bits per heavy atom. The first-order chi connectivity index (χ1) is 9.81. The van der Waals surface area contributed by atoms with Gasteiger partial charge in [-0.1, -0.05) is 19.3 Å². The summed E-state index contributed by atoms with van der Waals surface area (Å²) < 4.78 is 1.83. The molecular formula is C16H27N3O. The van der Waals surface area contributed by atoms with Gasteiger partial charge in [-0.05, 0) is 37.7 Å². The van der Waals surface area contributed by atoms with Crippen molar-refractivity contribution in [3.8, 4) is 0 Å². The summed E-state index contributed by atoms with van der Waals surface area (Å²) in [6.07, 6.45) is 13.0. The van der Waals surface area contributed by atoms with E-state index in [0.29, 0.717) is 6.54 Å². The maximum atomic E-state index is 10.3. The van der Waals surface area contributed by atoms with Crippen LogP contribution in [0.25, 0.3) is 0 Å². The van der Waals surface area contributed by atoms with Gasteiger partial charge in [0.2, 0.25) is 0 Å². The molecule has 0 unspecified atom stereocenters. The molecule has 0 saturated heterocycles. The van der Waals surface area contributed by atoms with Crippen LogP contribution in [0.4, 0.5) is 0 Å². The fourth-order valence-corrected chi connectivity index (χ4v) is 3.47. The van der Waals surface area contributed by atoms with E-state index < -0.39 is 0 Å². The van der Waals surface area contributed by atoms with Gasteiger partial charge in [-0.2, -0.15) is 5.10 Å². The van der Waals surface area contributed by atoms with Crippen molar-refractivity contribution < 1.29 is 5.11 Å². The van der Waals surface area contributed by atoms with Crippen LogP contribution < -0.4 is 0 Å². The first-order valence-electron chi connectivity index (χ1n) is 8.21. The second-order valence-electron chi connectivity index (χ2n) is 6.57. The summed E-state index contributed by atoms with van der Waals surface area (Å²) in [5, 5.41) is 14.5. The normalized spacial score (nSPS) is 22.3. The Bertz CT molecular complexity index is 382. The van der Waals surface area contributed by atoms with Crippen molar-refractivity contribution in [3.63, 3.8) is 0 Å². The van der Waals surface area contributed by atoms with E-state index in [2.05, 4.69) is 10.00 Å². The molecule has 0 aliphatic heterocycles. The maximum Gasteiger partial charge on any atom is 0.0862 e. The lowest BCUT2D eigenvalue weighted by molar-refractivity contribution is 0.0784. The standard InChI is InChI=1S/C16H27N3O/c20-16(13-19-10-4-9-17-19)12-18(15-7-8-15)11-14-5-2-1-3-6-14/h4,9-10,14-16,20H,1-3,5-8,11-13H2/t16-/m0/s1. The third kappa shape index (κ3) is 4.06. The van der Waals surface area contributed by atoms with Crippen molar-refractivity contribution >= 4 is 0 Å². The van der Waals surface area contributed by atoms with Crippen LogP contribution in [0.1, 0.15) is 44.9 Å². The molecule has 1 aromatic heterocycles. The van der Waals surface area contributed by atoms with Gasteiger partial charge in [0.25, 0.3) is 0 Å². The highest BCUT2D eigenvalue weighted by Crippen LogP contribution is 2.31. The van der Waals surface area contributed by atoms with E-state index in [0.717, 1.165) is 18.5 Å². The zero-order chi connectivity index (χ0) is 13.8. The summed E-state index contributed by atoms with van der Waals surface area (Å²) >= 11 is 0. The average molecular weight is 277 g/mol. The Labute approximate surface area is 121 Å². The van der Waals surface area contributed by atoms with E-state index in [9.17, 15) is 5.11 Å². The largest absolute Gasteiger partial charge is 0.390 e. The van der Waals surface area contributed by atoms with Gasteiger partial charge in [0.1, 0.15) is 0 Å². The van der Waals surface area contributed by atoms with Gasteiger partial charge < -0.3 is 5.11 Å². The van der Waals surface area contributed by atoms with Crippen LogP contribution in [-0.2, 0) is 6.54 Å². The molecule has 0 aromatic carbocycles. The summed E-state index contributed by atoms with van der Waals surface area (Å²) in [6.45, 7) is 2.61. The molecule has 0 radical (unpaired) electrons. The van der Waals surface area contributed by atoms with Gasteiger partial charge in [-0.3, -0.25) is 9.58 Å². The number of aliphatic hydroxyl groups is 1. The predicted molar refractivity (Wildman–Crippen MR) is 79.4 cm³/mol. The summed E-state index contributed by atoms with van der Waals surface area (Å²) in [6, 6.07) is 2.65. The smallest absolute Gasteiger partial charge is 0.0862 e. The molecule has 1 heterocycles. The second-order valence-corrected chi connectivity index (χ2v) is 6.57. The van der Waals surface area contributed by atoms with Crippen LogP contribution in [0, 0.1) is 5.92 Å². The molecule has 0 amide bonds. The molecule has 2 aliphatic carbocycles. The third-order valence-electron chi connectivity index (χ3n) is 4.68. The summed E-state index contributed by atoms with van der Waals surface area (Å²) in [4.78, 5) is 2.55. The highest BCUT2D eigenvalue weighted by molar-refractivity contribution is 4.88. The number of aromatic nitrogens is 2. The molecule has 1 atom stereocenters. The van der Waals surface area contributed by atoms with Gasteiger partial charge >= 0.3 is 0 Å². The monoisotopic (exact) mass is 277 g/mol. The molecule has 1 N–H and O–H groups in total. The molecule has 0 spiro atoms. The van der Waals surface area contributed by atoms with E-state index >= 15 is 0 Å². The Kier molecular flexibility index (Phi) is 4.73. The molecule has 4 nitrogen and oxygen atoms in total. The van der Waals surface area contributed by atoms with Gasteiger partial charge in [0.15, 0.2) is 0 Å². The molecule has 4 heteroatoms. The maximum absolute atomic E-state index is 10.3. The summed E-state index contributed by atoms with van der Waals surface area (Å²) in [7, 11) is 0. The molecule has 2 saturated carbocycles. The van der Waals surface area contributed by atoms with Crippen molar-refractivity contribution in [2.24, 2.45) is 5.92 Å². The lowest BCUT2D eigenvalue weighted by Gasteiger charge is -2.31. The Morgan fingerprint density at radius 1 is 1.20 bits per heavy atom. The van der Waals surface area contributed by atoms with Crippen LogP contribution in [0.15, 0.2) is 18.5 Å². The quantitative estimate of drug-likeness (QED) is 0.831. The van der Waals surface area contributed by atoms with Crippen LogP contribution in [0.5, 0.6) is 0 Å². The summed E-state index contributed by atoms with van der Waals surface area (Å²) in [5.74, 6) is 0.862. The zero-order valence-electron chi connectivity index (χ0n) is 12.3. The number of hydrogen-bond donors (Lipinski definition) is 1. The molecule has 1 aromatic rings. The van der Waals surface area contributed by atoms with Crippen LogP contribution in [0.2, 0.25) is 0 Å². The molecule has 2 fully saturated rings. The third-order valence-corrected chi connectivity index (χ3v) is 4.68. The summed E-state index contributed by atoms with van der Waals surface area (Å²) in [5.41, 5.74) is 0. The predicted octanol–water partition coefficient (Wildman–Crippen LogP) is 2.29. The van der Waals surface area contributed by atoms with Crippen molar-refractivity contribution in [1.29, 1.82) is 0 Å². The topological polar surface area (TPSA) is 41.3 Å². The van der Waals surface area contributed by atoms with E-state index in [1.54, 1.807) is 6.20 Å². The minimum Gasteiger partial charge on any atom is -0.390 e. The fraction of sp³-hybridized carbons (Fsp3) is 0.812. The Balaban J connectivity index is 1.48. The van der Waals surface area contributed by atoms with Gasteiger partial charge in [-0.15, -0.1) is 0 Å². The molecule has 20 heavy (non-hydrogen) atoms. The number of aliphatic hydroxyl groups excluding tert-OH is 1. The lowest BCUT2D eigenvalue weighted by atomic mass is 9.89. The Morgan fingerprint density at radius 3 is 2.65 bits per heavy atom. The minimum absolute atomic E-state index is 0.306. The van der Waals surface area contributed by atoms with Gasteiger partial charge in [0.05, 0.1) is 12.6 Å². The zero-order valence-corrected chi connectivity index (χ0v) is 12.3. The number of nitrogens with zero attached hydrogens (tertiary/aromatic N) is 3. The van der Waals surface area contributed by atoms with Crippen LogP contribution >= 0.6 is 0 Å². The SMILES string of the molecule is O[C@@H](CN(CC1CCCCC1)C1CC1)Cn1cccn1. The van der Waals surface area contributed by atoms with Crippen molar-refractivity contribution in [2.75, 3.05) is 13.1 Å². The lowest BCUT2D eigenvalue weighted by Crippen LogP contribution is -2.39. The Hall–Kier alpha value is -0.870. The average Bonchev–Trinajstić information content (AvgIpc) is 3.18. The fourth-order valence-electron chi connectivity index (χ4n) is 3.47. The van der Waals surface area contributed by atoms with E-state index in [1.165, 1.54) is 51.5 Å². The van der Waals surface area contributed by atoms with Crippen molar-refractivity contribution in [2.45, 2.75) is 63.6 Å². The second kappa shape index (κ2) is 6.72. The van der Waals surface area contributed by atoms with E-state index in [-0.39, 0.29) is 6.10 Å². The molecule has 3 rings (SSSR count). The van der Waals surface area contributed by atoms with Crippen LogP contribution in [-0.4, -0.2) is 45.0 Å². The molecule has 112 valence electrons. The van der Waals surface area contributed by atoms with Crippen LogP contribution in [0.3, 0.4) is 0 Å². The molecular weight excluding hydrogens is 250 g/mol. The number of rotatable bonds is 7. The van der Waals surface area contributed by atoms with E-state index in [4.69, 9.17) is 0 Å². The minimum atomic E-state index is -0.306. The van der Waals surface area contributed by atoms with Crippen molar-refractivity contribution in [3.05, 3.63) is 18.5 Å². The van der Waals surface area contributed by atoms with E-state index in [1.807, 2.05) is 16.9 Å². The highest BCUT2D eigenvalue weighted by Gasteiger charge is 2.32. The van der Waals surface area contributed by atoms with Crippen molar-refractivity contribution in [1.82, 2.24) is 14.7 Å². The van der Waals surface area contributed by atoms with Gasteiger partial charge in [-0.25, -0.2) is 0 Å². The number of hydrogen-bond acceptors (Lipinski definition) is 3. The first kappa shape index (κ1) is 14.1.